The van der Waals surface area contributed by atoms with Gasteiger partial charge in [-0.2, -0.15) is 0 Å². The fraction of sp³-hybridized carbons (Fsp3) is 0.250. The van der Waals surface area contributed by atoms with E-state index in [9.17, 15) is 9.18 Å². The molecular weight excluding hydrogens is 466 g/mol. The Balaban J connectivity index is 1.55. The van der Waals surface area contributed by atoms with E-state index in [4.69, 9.17) is 39.4 Å². The van der Waals surface area contributed by atoms with E-state index < -0.39 is 11.9 Å². The predicted octanol–water partition coefficient (Wildman–Crippen LogP) is 5.09. The number of nitrogens with zero attached hydrogens (tertiary/aromatic N) is 2. The number of pyridine rings is 1. The largest absolute Gasteiger partial charge is 0.482 e. The maximum atomic E-state index is 13.9. The van der Waals surface area contributed by atoms with Crippen molar-refractivity contribution in [3.8, 4) is 16.9 Å². The molecule has 6 nitrogen and oxygen atoms in total. The molecule has 2 heterocycles. The summed E-state index contributed by atoms with van der Waals surface area (Å²) >= 11 is 12.3. The van der Waals surface area contributed by atoms with Crippen molar-refractivity contribution in [2.24, 2.45) is 5.73 Å². The molecule has 1 aliphatic rings. The standard InChI is InChI=1S/C24H23Cl2FN4O2/c1-13(21-18(25)6-7-19(27)22(21)26)33-20-10-16(11-30-23(20)29)14-2-4-15(5-3-14)24(32)31-9-8-17(28)12-31/h2-7,10-11,13,17H,8-9,12,28H2,1H3,(H2,29,30). The van der Waals surface area contributed by atoms with Crippen LogP contribution in [0.25, 0.3) is 11.1 Å². The molecule has 1 aromatic heterocycles. The molecule has 172 valence electrons. The minimum absolute atomic E-state index is 0.0343. The summed E-state index contributed by atoms with van der Waals surface area (Å²) in [6.45, 7) is 2.94. The molecule has 0 saturated carbocycles. The number of likely N-dealkylation sites (tertiary alicyclic amines) is 1. The van der Waals surface area contributed by atoms with Gasteiger partial charge in [0.25, 0.3) is 5.91 Å². The normalized spacial score (nSPS) is 16.6. The monoisotopic (exact) mass is 488 g/mol. The highest BCUT2D eigenvalue weighted by Gasteiger charge is 2.24. The summed E-state index contributed by atoms with van der Waals surface area (Å²) in [5, 5.41) is 0.188. The molecule has 1 aliphatic heterocycles. The molecule has 0 spiro atoms. The van der Waals surface area contributed by atoms with Crippen LogP contribution in [-0.4, -0.2) is 34.9 Å². The Morgan fingerprint density at radius 2 is 1.94 bits per heavy atom. The van der Waals surface area contributed by atoms with E-state index in [2.05, 4.69) is 4.98 Å². The fourth-order valence-corrected chi connectivity index (χ4v) is 4.51. The van der Waals surface area contributed by atoms with Crippen molar-refractivity contribution < 1.29 is 13.9 Å². The number of halogens is 3. The van der Waals surface area contributed by atoms with Crippen molar-refractivity contribution in [3.63, 3.8) is 0 Å². The average molecular weight is 489 g/mol. The van der Waals surface area contributed by atoms with Crippen LogP contribution in [0.4, 0.5) is 10.2 Å². The third kappa shape index (κ3) is 4.90. The van der Waals surface area contributed by atoms with Crippen LogP contribution in [0.1, 0.15) is 35.4 Å². The third-order valence-corrected chi connectivity index (χ3v) is 6.36. The SMILES string of the molecule is CC(Oc1cc(-c2ccc(C(=O)N3CCC(N)C3)cc2)cnc1N)c1c(Cl)ccc(F)c1Cl. The molecule has 4 N–H and O–H groups in total. The summed E-state index contributed by atoms with van der Waals surface area (Å²) in [7, 11) is 0. The Labute approximate surface area is 201 Å². The number of aromatic nitrogens is 1. The first-order valence-corrected chi connectivity index (χ1v) is 11.2. The van der Waals surface area contributed by atoms with Crippen LogP contribution in [0.5, 0.6) is 5.75 Å². The molecule has 1 saturated heterocycles. The van der Waals surface area contributed by atoms with Gasteiger partial charge in [-0.25, -0.2) is 9.37 Å². The van der Waals surface area contributed by atoms with Crippen molar-refractivity contribution in [2.75, 3.05) is 18.8 Å². The van der Waals surface area contributed by atoms with Crippen LogP contribution in [0.2, 0.25) is 10.0 Å². The topological polar surface area (TPSA) is 94.5 Å². The molecule has 0 bridgehead atoms. The van der Waals surface area contributed by atoms with Crippen LogP contribution in [0, 0.1) is 5.82 Å². The summed E-state index contributed by atoms with van der Waals surface area (Å²) < 4.78 is 19.9. The minimum Gasteiger partial charge on any atom is -0.482 e. The molecule has 0 aliphatic carbocycles. The zero-order valence-electron chi connectivity index (χ0n) is 17.9. The van der Waals surface area contributed by atoms with E-state index in [0.717, 1.165) is 17.5 Å². The number of hydrogen-bond acceptors (Lipinski definition) is 5. The molecule has 0 radical (unpaired) electrons. The van der Waals surface area contributed by atoms with E-state index in [-0.39, 0.29) is 27.8 Å². The number of anilines is 1. The molecule has 2 aromatic carbocycles. The Kier molecular flexibility index (Phi) is 6.74. The number of nitrogens with two attached hydrogens (primary N) is 2. The Bertz CT molecular complexity index is 1190. The first kappa shape index (κ1) is 23.3. The lowest BCUT2D eigenvalue weighted by Gasteiger charge is -2.19. The smallest absolute Gasteiger partial charge is 0.253 e. The summed E-state index contributed by atoms with van der Waals surface area (Å²) in [6, 6.07) is 11.6. The first-order valence-electron chi connectivity index (χ1n) is 10.5. The lowest BCUT2D eigenvalue weighted by molar-refractivity contribution is 0.0791. The van der Waals surface area contributed by atoms with Crippen LogP contribution in [0.3, 0.4) is 0 Å². The van der Waals surface area contributed by atoms with Gasteiger partial charge in [0, 0.05) is 47.0 Å². The van der Waals surface area contributed by atoms with Crippen LogP contribution in [0.15, 0.2) is 48.7 Å². The number of carbonyl (C=O) groups excluding carboxylic acids is 1. The van der Waals surface area contributed by atoms with Gasteiger partial charge >= 0.3 is 0 Å². The summed E-state index contributed by atoms with van der Waals surface area (Å²) in [6.07, 6.45) is 1.76. The molecule has 33 heavy (non-hydrogen) atoms. The highest BCUT2D eigenvalue weighted by atomic mass is 35.5. The lowest BCUT2D eigenvalue weighted by atomic mass is 10.0. The Morgan fingerprint density at radius 3 is 2.61 bits per heavy atom. The zero-order valence-corrected chi connectivity index (χ0v) is 19.4. The molecule has 9 heteroatoms. The van der Waals surface area contributed by atoms with Gasteiger partial charge in [0.05, 0.1) is 5.02 Å². The summed E-state index contributed by atoms with van der Waals surface area (Å²) in [5.74, 6) is -0.141. The van der Waals surface area contributed by atoms with Gasteiger partial charge in [-0.15, -0.1) is 0 Å². The van der Waals surface area contributed by atoms with Crippen LogP contribution in [-0.2, 0) is 0 Å². The van der Waals surface area contributed by atoms with E-state index >= 15 is 0 Å². The number of rotatable bonds is 5. The number of hydrogen-bond donors (Lipinski definition) is 2. The quantitative estimate of drug-likeness (QED) is 0.487. The average Bonchev–Trinajstić information content (AvgIpc) is 3.24. The van der Waals surface area contributed by atoms with Crippen molar-refractivity contribution in [3.05, 3.63) is 75.7 Å². The molecule has 3 aromatic rings. The van der Waals surface area contributed by atoms with Gasteiger partial charge < -0.3 is 21.1 Å². The Morgan fingerprint density at radius 1 is 1.21 bits per heavy atom. The lowest BCUT2D eigenvalue weighted by Crippen LogP contribution is -2.31. The second kappa shape index (κ2) is 9.55. The highest BCUT2D eigenvalue weighted by Crippen LogP contribution is 2.37. The van der Waals surface area contributed by atoms with Crippen molar-refractivity contribution in [1.82, 2.24) is 9.88 Å². The molecule has 1 fully saturated rings. The molecule has 2 atom stereocenters. The molecule has 4 rings (SSSR count). The van der Waals surface area contributed by atoms with E-state index in [1.165, 1.54) is 12.1 Å². The fourth-order valence-electron chi connectivity index (χ4n) is 3.83. The summed E-state index contributed by atoms with van der Waals surface area (Å²) in [4.78, 5) is 18.6. The zero-order chi connectivity index (χ0) is 23.7. The predicted molar refractivity (Wildman–Crippen MR) is 128 cm³/mol. The van der Waals surface area contributed by atoms with Crippen LogP contribution < -0.4 is 16.2 Å². The van der Waals surface area contributed by atoms with Crippen LogP contribution >= 0.6 is 23.2 Å². The first-order chi connectivity index (χ1) is 15.7. The van der Waals surface area contributed by atoms with E-state index in [1.54, 1.807) is 36.2 Å². The number of amides is 1. The number of nitrogen functional groups attached to an aromatic ring is 1. The van der Waals surface area contributed by atoms with E-state index in [0.29, 0.717) is 30.0 Å². The minimum atomic E-state index is -0.674. The molecular formula is C24H23Cl2FN4O2. The second-order valence-electron chi connectivity index (χ2n) is 8.00. The summed E-state index contributed by atoms with van der Waals surface area (Å²) in [5.41, 5.74) is 14.4. The number of benzene rings is 2. The van der Waals surface area contributed by atoms with Gasteiger partial charge in [0.1, 0.15) is 11.9 Å². The number of ether oxygens (including phenoxy) is 1. The third-order valence-electron chi connectivity index (χ3n) is 5.65. The van der Waals surface area contributed by atoms with E-state index in [1.807, 2.05) is 12.1 Å². The van der Waals surface area contributed by atoms with Gasteiger partial charge in [-0.05, 0) is 49.2 Å². The van der Waals surface area contributed by atoms with Crippen molar-refractivity contribution in [1.29, 1.82) is 0 Å². The van der Waals surface area contributed by atoms with Crippen molar-refractivity contribution in [2.45, 2.75) is 25.5 Å². The van der Waals surface area contributed by atoms with Gasteiger partial charge in [-0.1, -0.05) is 35.3 Å². The van der Waals surface area contributed by atoms with Gasteiger partial charge in [-0.3, -0.25) is 4.79 Å². The highest BCUT2D eigenvalue weighted by molar-refractivity contribution is 6.36. The molecule has 1 amide bonds. The molecule has 2 unspecified atom stereocenters. The maximum absolute atomic E-state index is 13.9. The van der Waals surface area contributed by atoms with Gasteiger partial charge in [0.15, 0.2) is 11.6 Å². The van der Waals surface area contributed by atoms with Crippen molar-refractivity contribution >= 4 is 34.9 Å². The maximum Gasteiger partial charge on any atom is 0.253 e. The van der Waals surface area contributed by atoms with Gasteiger partial charge in [0.2, 0.25) is 0 Å². The Hall–Kier alpha value is -2.87. The number of carbonyl (C=O) groups is 1. The second-order valence-corrected chi connectivity index (χ2v) is 8.79.